The molecular weight excluding hydrogens is 769 g/mol. The number of rotatable bonds is 6. The Kier molecular flexibility index (Phi) is 8.39. The first-order valence-electron chi connectivity index (χ1n) is 18.2. The zero-order valence-corrected chi connectivity index (χ0v) is 33.7. The zero-order chi connectivity index (χ0) is 38.0. The fourth-order valence-electron chi connectivity index (χ4n) is 9.10. The van der Waals surface area contributed by atoms with E-state index in [1.165, 1.54) is 6.33 Å². The third kappa shape index (κ3) is 6.63. The van der Waals surface area contributed by atoms with Gasteiger partial charge in [0, 0.05) is 34.2 Å². The molecule has 1 saturated heterocycles. The predicted octanol–water partition coefficient (Wildman–Crippen LogP) is 9.46. The summed E-state index contributed by atoms with van der Waals surface area (Å²) >= 11 is 10.2. The van der Waals surface area contributed by atoms with E-state index in [1.807, 2.05) is 79.8 Å². The van der Waals surface area contributed by atoms with Gasteiger partial charge in [0.1, 0.15) is 40.1 Å². The van der Waals surface area contributed by atoms with Crippen molar-refractivity contribution in [1.82, 2.24) is 24.0 Å². The maximum absolute atomic E-state index is 14.6. The molecule has 11 nitrogen and oxygen atoms in total. The van der Waals surface area contributed by atoms with Gasteiger partial charge >= 0.3 is 12.2 Å². The first-order chi connectivity index (χ1) is 24.6. The summed E-state index contributed by atoms with van der Waals surface area (Å²) in [6, 6.07) is 7.87. The molecule has 0 spiro atoms. The van der Waals surface area contributed by atoms with Crippen molar-refractivity contribution in [3.05, 3.63) is 57.7 Å². The topological polar surface area (TPSA) is 110 Å². The lowest BCUT2D eigenvalue weighted by Crippen LogP contribution is -2.68. The summed E-state index contributed by atoms with van der Waals surface area (Å²) in [5.74, 6) is -0.925. The van der Waals surface area contributed by atoms with E-state index in [4.69, 9.17) is 30.5 Å². The standard InChI is InChI=1S/C39H46BrClFN5O6/c1-35(2,3)52-33(48)45(19-38-16-39(42,17-38)18-38)14-23-11-22-10-9-21(12-26(22)47(23)34(49)53-36(4,5)6)24-13-27(30-29(24)50-37(7,8)51-30)46-15-25(40)28-31(41)43-20-44-32(28)46/h9-12,15,20,24,27,29-30H,13-14,16-19H2,1-8H3/t24-,27-,29-,30+,38?,39?/m1/s1. The van der Waals surface area contributed by atoms with Crippen LogP contribution in [0.15, 0.2) is 41.3 Å². The SMILES string of the molecule is CC(C)(C)OC(=O)N(Cc1cc2ccc([C@H]3C[C@@H](n4cc(Br)c5c(Cl)ncnc54)[C@@H]4OC(C)(C)O[C@@H]43)cc2n1C(=O)OC(C)(C)C)CC12CC(F)(C1)C2. The Morgan fingerprint density at radius 3 is 2.38 bits per heavy atom. The molecule has 2 bridgehead atoms. The van der Waals surface area contributed by atoms with Crippen LogP contribution in [0.1, 0.15) is 104 Å². The van der Waals surface area contributed by atoms with Gasteiger partial charge in [0.25, 0.3) is 0 Å². The molecule has 9 rings (SSSR count). The Morgan fingerprint density at radius 1 is 1.04 bits per heavy atom. The van der Waals surface area contributed by atoms with E-state index in [1.54, 1.807) is 9.47 Å². The lowest BCUT2D eigenvalue weighted by atomic mass is 9.42. The van der Waals surface area contributed by atoms with Crippen molar-refractivity contribution in [3.8, 4) is 0 Å². The average molecular weight is 815 g/mol. The number of alkyl halides is 1. The summed E-state index contributed by atoms with van der Waals surface area (Å²) in [5.41, 5.74) is -0.00665. The number of nitrogens with zero attached hydrogens (tertiary/aromatic N) is 5. The van der Waals surface area contributed by atoms with Crippen molar-refractivity contribution in [2.24, 2.45) is 5.41 Å². The van der Waals surface area contributed by atoms with E-state index in [2.05, 4.69) is 36.5 Å². The number of amides is 1. The molecule has 5 aliphatic rings. The molecule has 1 aromatic carbocycles. The highest BCUT2D eigenvalue weighted by Gasteiger charge is 2.69. The van der Waals surface area contributed by atoms with Gasteiger partial charge in [-0.15, -0.1) is 0 Å². The van der Waals surface area contributed by atoms with Gasteiger partial charge in [0.15, 0.2) is 5.79 Å². The normalized spacial score (nSPS) is 28.8. The lowest BCUT2D eigenvalue weighted by molar-refractivity contribution is -0.220. The summed E-state index contributed by atoms with van der Waals surface area (Å²) in [6.45, 7) is 15.2. The summed E-state index contributed by atoms with van der Waals surface area (Å²) in [5, 5.41) is 1.91. The molecule has 1 aliphatic heterocycles. The first kappa shape index (κ1) is 36.7. The molecule has 1 amide bonds. The van der Waals surface area contributed by atoms with Crippen LogP contribution in [0.5, 0.6) is 0 Å². The third-order valence-electron chi connectivity index (χ3n) is 10.8. The quantitative estimate of drug-likeness (QED) is 0.177. The van der Waals surface area contributed by atoms with Gasteiger partial charge < -0.3 is 28.4 Å². The number of aromatic nitrogens is 4. The fourth-order valence-corrected chi connectivity index (χ4v) is 10.0. The van der Waals surface area contributed by atoms with Gasteiger partial charge in [0.2, 0.25) is 0 Å². The highest BCUT2D eigenvalue weighted by Crippen LogP contribution is 2.69. The zero-order valence-electron chi connectivity index (χ0n) is 31.3. The highest BCUT2D eigenvalue weighted by molar-refractivity contribution is 9.10. The van der Waals surface area contributed by atoms with Crippen molar-refractivity contribution in [3.63, 3.8) is 0 Å². The van der Waals surface area contributed by atoms with Crippen LogP contribution in [0.25, 0.3) is 21.9 Å². The molecule has 284 valence electrons. The maximum Gasteiger partial charge on any atom is 0.419 e. The summed E-state index contributed by atoms with van der Waals surface area (Å²) in [6.07, 6.45) is 3.75. The van der Waals surface area contributed by atoms with Crippen LogP contribution < -0.4 is 0 Å². The van der Waals surface area contributed by atoms with Crippen molar-refractivity contribution >= 4 is 61.7 Å². The Hall–Kier alpha value is -3.26. The first-order valence-corrected chi connectivity index (χ1v) is 19.4. The minimum Gasteiger partial charge on any atom is -0.444 e. The van der Waals surface area contributed by atoms with Gasteiger partial charge in [-0.2, -0.15) is 0 Å². The molecule has 3 aromatic heterocycles. The van der Waals surface area contributed by atoms with E-state index < -0.39 is 34.8 Å². The maximum atomic E-state index is 14.6. The van der Waals surface area contributed by atoms with Crippen LogP contribution in [-0.2, 0) is 25.5 Å². The number of fused-ring (bicyclic) bond motifs is 3. The van der Waals surface area contributed by atoms with Crippen LogP contribution in [-0.4, -0.2) is 77.6 Å². The Bertz CT molecular complexity index is 2130. The number of halogens is 3. The van der Waals surface area contributed by atoms with Gasteiger partial charge in [-0.1, -0.05) is 23.7 Å². The number of carbonyl (C=O) groups excluding carboxylic acids is 2. The van der Waals surface area contributed by atoms with Gasteiger partial charge in [-0.05, 0) is 120 Å². The molecule has 4 saturated carbocycles. The molecule has 0 unspecified atom stereocenters. The van der Waals surface area contributed by atoms with Crippen molar-refractivity contribution in [2.75, 3.05) is 6.54 Å². The second-order valence-electron chi connectivity index (χ2n) is 18.0. The second kappa shape index (κ2) is 12.1. The Morgan fingerprint density at radius 2 is 1.72 bits per heavy atom. The highest BCUT2D eigenvalue weighted by atomic mass is 79.9. The number of carbonyl (C=O) groups is 2. The third-order valence-corrected chi connectivity index (χ3v) is 11.7. The monoisotopic (exact) mass is 813 g/mol. The molecule has 5 fully saturated rings. The largest absolute Gasteiger partial charge is 0.444 e. The molecule has 14 heteroatoms. The molecule has 0 N–H and O–H groups in total. The van der Waals surface area contributed by atoms with E-state index in [0.717, 1.165) is 20.8 Å². The molecular formula is C39H46BrClFN5O6. The van der Waals surface area contributed by atoms with Crippen molar-refractivity contribution in [1.29, 1.82) is 0 Å². The second-order valence-corrected chi connectivity index (χ2v) is 19.2. The minimum absolute atomic E-state index is 0.0839. The van der Waals surface area contributed by atoms with Crippen LogP contribution in [0.4, 0.5) is 14.0 Å². The number of hydrogen-bond acceptors (Lipinski definition) is 8. The van der Waals surface area contributed by atoms with Crippen LogP contribution >= 0.6 is 27.5 Å². The van der Waals surface area contributed by atoms with Gasteiger partial charge in [-0.3, -0.25) is 0 Å². The number of benzene rings is 1. The van der Waals surface area contributed by atoms with E-state index in [0.29, 0.717) is 54.2 Å². The van der Waals surface area contributed by atoms with E-state index >= 15 is 0 Å². The predicted molar refractivity (Wildman–Crippen MR) is 201 cm³/mol. The summed E-state index contributed by atoms with van der Waals surface area (Å²) < 4.78 is 44.0. The smallest absolute Gasteiger partial charge is 0.419 e. The van der Waals surface area contributed by atoms with Crippen LogP contribution in [0.3, 0.4) is 0 Å². The minimum atomic E-state index is -1.12. The lowest BCUT2D eigenvalue weighted by Gasteiger charge is -2.66. The molecule has 4 atom stereocenters. The summed E-state index contributed by atoms with van der Waals surface area (Å²) in [7, 11) is 0. The fraction of sp³-hybridized carbons (Fsp3) is 0.590. The Labute approximate surface area is 321 Å². The van der Waals surface area contributed by atoms with E-state index in [9.17, 15) is 14.0 Å². The number of hydrogen-bond donors (Lipinski definition) is 0. The molecule has 4 heterocycles. The molecule has 53 heavy (non-hydrogen) atoms. The van der Waals surface area contributed by atoms with Crippen LogP contribution in [0, 0.1) is 5.41 Å². The average Bonchev–Trinajstić information content (AvgIpc) is 3.71. The molecule has 4 aromatic rings. The van der Waals surface area contributed by atoms with Crippen LogP contribution in [0.2, 0.25) is 5.15 Å². The van der Waals surface area contributed by atoms with E-state index in [-0.39, 0.29) is 36.1 Å². The van der Waals surface area contributed by atoms with Gasteiger partial charge in [-0.25, -0.2) is 28.5 Å². The molecule has 0 radical (unpaired) electrons. The van der Waals surface area contributed by atoms with Crippen molar-refractivity contribution in [2.45, 2.75) is 134 Å². The van der Waals surface area contributed by atoms with Gasteiger partial charge in [0.05, 0.1) is 29.6 Å². The Balaban J connectivity index is 1.18. The number of ether oxygens (including phenoxy) is 4. The van der Waals surface area contributed by atoms with Crippen molar-refractivity contribution < 1.29 is 32.9 Å². The summed E-state index contributed by atoms with van der Waals surface area (Å²) in [4.78, 5) is 38.2. The molecule has 4 aliphatic carbocycles.